The van der Waals surface area contributed by atoms with Crippen LogP contribution in [0.2, 0.25) is 0 Å². The Bertz CT molecular complexity index is 1330. The minimum Gasteiger partial charge on any atom is -0.465 e. The van der Waals surface area contributed by atoms with Crippen molar-refractivity contribution < 1.29 is 14.3 Å². The molecule has 34 heavy (non-hydrogen) atoms. The highest BCUT2D eigenvalue weighted by molar-refractivity contribution is 6.08. The minimum absolute atomic E-state index is 0.209. The molecule has 0 fully saturated rings. The Hall–Kier alpha value is -3.93. The number of amides is 1. The molecule has 6 nitrogen and oxygen atoms in total. The zero-order valence-electron chi connectivity index (χ0n) is 19.3. The lowest BCUT2D eigenvalue weighted by Crippen LogP contribution is -2.49. The third-order valence-corrected chi connectivity index (χ3v) is 6.40. The standard InChI is InChI=1S/C28H27N3O3/c1-3-19-14-16-21(17-15-19)25-24(27(33)34-4-2)26(32)30(18-20-10-6-5-7-11-20)28-29-22-12-8-9-13-23(22)31(25)28/h5-17,24-25H,3-4,18H2,1-2H3/t24-,25-/m0/s1. The second-order valence-electron chi connectivity index (χ2n) is 8.45. The summed E-state index contributed by atoms with van der Waals surface area (Å²) in [4.78, 5) is 33.7. The van der Waals surface area contributed by atoms with Gasteiger partial charge in [0.05, 0.1) is 30.2 Å². The van der Waals surface area contributed by atoms with Crippen LogP contribution in [0, 0.1) is 5.92 Å². The fourth-order valence-electron chi connectivity index (χ4n) is 4.72. The van der Waals surface area contributed by atoms with Gasteiger partial charge >= 0.3 is 5.97 Å². The maximum absolute atomic E-state index is 14.0. The van der Waals surface area contributed by atoms with E-state index < -0.39 is 17.9 Å². The van der Waals surface area contributed by atoms with Crippen molar-refractivity contribution in [1.29, 1.82) is 0 Å². The van der Waals surface area contributed by atoms with Crippen molar-refractivity contribution in [3.63, 3.8) is 0 Å². The molecule has 2 atom stereocenters. The molecule has 1 amide bonds. The highest BCUT2D eigenvalue weighted by Gasteiger charge is 2.47. The quantitative estimate of drug-likeness (QED) is 0.307. The predicted octanol–water partition coefficient (Wildman–Crippen LogP) is 4.91. The van der Waals surface area contributed by atoms with Crippen LogP contribution in [0.25, 0.3) is 11.0 Å². The van der Waals surface area contributed by atoms with Gasteiger partial charge in [-0.15, -0.1) is 0 Å². The second kappa shape index (κ2) is 9.14. The molecule has 1 aliphatic heterocycles. The van der Waals surface area contributed by atoms with Crippen LogP contribution < -0.4 is 4.90 Å². The summed E-state index contributed by atoms with van der Waals surface area (Å²) in [6.45, 7) is 4.39. The number of benzene rings is 3. The van der Waals surface area contributed by atoms with E-state index in [2.05, 4.69) is 19.1 Å². The van der Waals surface area contributed by atoms with E-state index in [0.717, 1.165) is 28.6 Å². The van der Waals surface area contributed by atoms with Crippen LogP contribution in [-0.2, 0) is 27.3 Å². The summed E-state index contributed by atoms with van der Waals surface area (Å²) in [7, 11) is 0. The number of carbonyl (C=O) groups is 2. The molecule has 0 aliphatic carbocycles. The second-order valence-corrected chi connectivity index (χ2v) is 8.45. The third-order valence-electron chi connectivity index (χ3n) is 6.40. The van der Waals surface area contributed by atoms with Gasteiger partial charge in [0.25, 0.3) is 0 Å². The molecule has 0 unspecified atom stereocenters. The first kappa shape index (κ1) is 21.9. The summed E-state index contributed by atoms with van der Waals surface area (Å²) in [6, 6.07) is 25.1. The molecule has 0 radical (unpaired) electrons. The van der Waals surface area contributed by atoms with E-state index in [-0.39, 0.29) is 12.5 Å². The first-order valence-electron chi connectivity index (χ1n) is 11.7. The molecule has 6 heteroatoms. The van der Waals surface area contributed by atoms with Crippen molar-refractivity contribution in [2.75, 3.05) is 11.5 Å². The molecule has 2 heterocycles. The van der Waals surface area contributed by atoms with Crippen molar-refractivity contribution in [2.24, 2.45) is 5.92 Å². The van der Waals surface area contributed by atoms with Crippen molar-refractivity contribution in [2.45, 2.75) is 32.9 Å². The van der Waals surface area contributed by atoms with Crippen LogP contribution in [0.5, 0.6) is 0 Å². The summed E-state index contributed by atoms with van der Waals surface area (Å²) in [5, 5.41) is 0. The highest BCUT2D eigenvalue weighted by atomic mass is 16.5. The molecule has 3 aromatic carbocycles. The summed E-state index contributed by atoms with van der Waals surface area (Å²) in [5.74, 6) is -1.28. The van der Waals surface area contributed by atoms with Crippen molar-refractivity contribution in [1.82, 2.24) is 9.55 Å². The molecule has 5 rings (SSSR count). The smallest absolute Gasteiger partial charge is 0.321 e. The number of aryl methyl sites for hydroxylation is 1. The number of fused-ring (bicyclic) bond motifs is 3. The lowest BCUT2D eigenvalue weighted by atomic mass is 9.88. The molecule has 0 bridgehead atoms. The zero-order chi connectivity index (χ0) is 23.7. The van der Waals surface area contributed by atoms with Gasteiger partial charge < -0.3 is 9.30 Å². The van der Waals surface area contributed by atoms with Crippen LogP contribution in [0.1, 0.15) is 36.6 Å². The SMILES string of the molecule is CCOC(=O)[C@@H]1C(=O)N(Cc2ccccc2)c2nc3ccccc3n2[C@H]1c1ccc(CC)cc1. The van der Waals surface area contributed by atoms with Gasteiger partial charge in [0.1, 0.15) is 0 Å². The molecule has 0 saturated heterocycles. The number of anilines is 1. The maximum atomic E-state index is 14.0. The van der Waals surface area contributed by atoms with Crippen LogP contribution in [-0.4, -0.2) is 28.0 Å². The van der Waals surface area contributed by atoms with E-state index in [1.807, 2.05) is 71.3 Å². The molecule has 1 aliphatic rings. The van der Waals surface area contributed by atoms with Crippen LogP contribution in [0.15, 0.2) is 78.9 Å². The average Bonchev–Trinajstić information content (AvgIpc) is 3.25. The molecule has 0 spiro atoms. The van der Waals surface area contributed by atoms with Gasteiger partial charge in [0.15, 0.2) is 5.92 Å². The van der Waals surface area contributed by atoms with E-state index in [4.69, 9.17) is 9.72 Å². The van der Waals surface area contributed by atoms with E-state index in [0.29, 0.717) is 12.5 Å². The highest BCUT2D eigenvalue weighted by Crippen LogP contribution is 2.41. The van der Waals surface area contributed by atoms with Gasteiger partial charge in [-0.1, -0.05) is 73.7 Å². The van der Waals surface area contributed by atoms with Gasteiger partial charge in [0.2, 0.25) is 11.9 Å². The fourth-order valence-corrected chi connectivity index (χ4v) is 4.72. The maximum Gasteiger partial charge on any atom is 0.321 e. The topological polar surface area (TPSA) is 64.4 Å². The van der Waals surface area contributed by atoms with Gasteiger partial charge in [0, 0.05) is 0 Å². The largest absolute Gasteiger partial charge is 0.465 e. The normalized spacial score (nSPS) is 17.6. The Morgan fingerprint density at radius 3 is 2.32 bits per heavy atom. The third kappa shape index (κ3) is 3.75. The lowest BCUT2D eigenvalue weighted by molar-refractivity contribution is -0.153. The van der Waals surface area contributed by atoms with Crippen molar-refractivity contribution >= 4 is 28.9 Å². The number of carbonyl (C=O) groups excluding carboxylic acids is 2. The first-order valence-corrected chi connectivity index (χ1v) is 11.7. The predicted molar refractivity (Wildman–Crippen MR) is 131 cm³/mol. The molecule has 4 aromatic rings. The lowest BCUT2D eigenvalue weighted by Gasteiger charge is -2.38. The molecule has 0 saturated carbocycles. The number of para-hydroxylation sites is 2. The fraction of sp³-hybridized carbons (Fsp3) is 0.250. The van der Waals surface area contributed by atoms with Gasteiger partial charge in [-0.25, -0.2) is 4.98 Å². The van der Waals surface area contributed by atoms with Gasteiger partial charge in [-0.3, -0.25) is 14.5 Å². The Kier molecular flexibility index (Phi) is 5.88. The molecule has 1 aromatic heterocycles. The van der Waals surface area contributed by atoms with Gasteiger partial charge in [-0.05, 0) is 42.2 Å². The van der Waals surface area contributed by atoms with Crippen LogP contribution in [0.3, 0.4) is 0 Å². The number of ether oxygens (including phenoxy) is 1. The average molecular weight is 454 g/mol. The number of rotatable bonds is 6. The summed E-state index contributed by atoms with van der Waals surface area (Å²) in [6.07, 6.45) is 0.912. The summed E-state index contributed by atoms with van der Waals surface area (Å²) >= 11 is 0. The Morgan fingerprint density at radius 1 is 0.912 bits per heavy atom. The van der Waals surface area contributed by atoms with Gasteiger partial charge in [-0.2, -0.15) is 0 Å². The van der Waals surface area contributed by atoms with E-state index in [1.54, 1.807) is 11.8 Å². The number of esters is 1. The molecule has 172 valence electrons. The number of nitrogens with zero attached hydrogens (tertiary/aromatic N) is 3. The zero-order valence-corrected chi connectivity index (χ0v) is 19.3. The number of aromatic nitrogens is 2. The van der Waals surface area contributed by atoms with Crippen LogP contribution in [0.4, 0.5) is 5.95 Å². The van der Waals surface area contributed by atoms with E-state index in [1.165, 1.54) is 5.56 Å². The number of imidazole rings is 1. The van der Waals surface area contributed by atoms with Crippen molar-refractivity contribution in [3.8, 4) is 0 Å². The Morgan fingerprint density at radius 2 is 1.62 bits per heavy atom. The summed E-state index contributed by atoms with van der Waals surface area (Å²) < 4.78 is 7.46. The molecular formula is C28H27N3O3. The monoisotopic (exact) mass is 453 g/mol. The number of hydrogen-bond donors (Lipinski definition) is 0. The van der Waals surface area contributed by atoms with Crippen LogP contribution >= 0.6 is 0 Å². The van der Waals surface area contributed by atoms with E-state index in [9.17, 15) is 9.59 Å². The first-order chi connectivity index (χ1) is 16.6. The summed E-state index contributed by atoms with van der Waals surface area (Å²) in [5.41, 5.74) is 4.69. The Labute approximate surface area is 198 Å². The molecular weight excluding hydrogens is 426 g/mol. The van der Waals surface area contributed by atoms with Crippen molar-refractivity contribution in [3.05, 3.63) is 95.6 Å². The molecule has 0 N–H and O–H groups in total. The minimum atomic E-state index is -1.01. The Balaban J connectivity index is 1.73. The number of hydrogen-bond acceptors (Lipinski definition) is 4. The van der Waals surface area contributed by atoms with E-state index >= 15 is 0 Å².